The molecule has 0 aliphatic heterocycles. The number of aryl methyl sites for hydroxylation is 1. The Bertz CT molecular complexity index is 815. The number of hydrogen-bond acceptors (Lipinski definition) is 1. The maximum atomic E-state index is 5.00. The number of pyridine rings is 1. The van der Waals surface area contributed by atoms with Gasteiger partial charge in [-0.25, -0.2) is 4.98 Å². The molecule has 0 saturated carbocycles. The van der Waals surface area contributed by atoms with E-state index in [4.69, 9.17) is 4.98 Å². The van der Waals surface area contributed by atoms with Crippen LogP contribution in [0.5, 0.6) is 0 Å². The average molecular weight is 289 g/mol. The molecule has 0 saturated heterocycles. The molecule has 2 aromatic carbocycles. The fraction of sp³-hybridized carbons (Fsp3) is 0.286. The van der Waals surface area contributed by atoms with Gasteiger partial charge in [0.1, 0.15) is 0 Å². The average Bonchev–Trinajstić information content (AvgIpc) is 2.49. The van der Waals surface area contributed by atoms with Crippen molar-refractivity contribution < 1.29 is 0 Å². The van der Waals surface area contributed by atoms with Gasteiger partial charge in [0.25, 0.3) is 0 Å². The predicted molar refractivity (Wildman–Crippen MR) is 95.2 cm³/mol. The molecule has 0 radical (unpaired) electrons. The van der Waals surface area contributed by atoms with Crippen molar-refractivity contribution in [2.24, 2.45) is 5.92 Å². The van der Waals surface area contributed by atoms with Gasteiger partial charge in [-0.2, -0.15) is 0 Å². The maximum absolute atomic E-state index is 5.00. The van der Waals surface area contributed by atoms with E-state index in [1.54, 1.807) is 0 Å². The largest absolute Gasteiger partial charge is 0.247 e. The quantitative estimate of drug-likeness (QED) is 0.601. The van der Waals surface area contributed by atoms with Gasteiger partial charge in [-0.05, 0) is 55.0 Å². The van der Waals surface area contributed by atoms with E-state index < -0.39 is 0 Å². The van der Waals surface area contributed by atoms with Gasteiger partial charge in [-0.3, -0.25) is 0 Å². The monoisotopic (exact) mass is 289 g/mol. The molecule has 0 aliphatic carbocycles. The van der Waals surface area contributed by atoms with Gasteiger partial charge >= 0.3 is 0 Å². The van der Waals surface area contributed by atoms with Crippen molar-refractivity contribution in [2.45, 2.75) is 34.1 Å². The highest BCUT2D eigenvalue weighted by molar-refractivity contribution is 5.84. The second-order valence-electron chi connectivity index (χ2n) is 6.53. The highest BCUT2D eigenvalue weighted by atomic mass is 14.7. The van der Waals surface area contributed by atoms with Gasteiger partial charge in [-0.1, -0.05) is 50.2 Å². The predicted octanol–water partition coefficient (Wildman–Crippen LogP) is 5.72. The zero-order valence-electron chi connectivity index (χ0n) is 13.9. The SMILES string of the molecule is Cc1cccc(-c2nc3ccccc3cc2CC(C)C)c1C. The lowest BCUT2D eigenvalue weighted by Crippen LogP contribution is -2.01. The van der Waals surface area contributed by atoms with Crippen LogP contribution >= 0.6 is 0 Å². The van der Waals surface area contributed by atoms with Crippen molar-refractivity contribution in [3.63, 3.8) is 0 Å². The van der Waals surface area contributed by atoms with Gasteiger partial charge in [0.2, 0.25) is 0 Å². The highest BCUT2D eigenvalue weighted by Crippen LogP contribution is 2.30. The normalized spacial score (nSPS) is 11.3. The summed E-state index contributed by atoms with van der Waals surface area (Å²) >= 11 is 0. The van der Waals surface area contributed by atoms with E-state index in [0.29, 0.717) is 5.92 Å². The molecule has 3 aromatic rings. The molecule has 1 heterocycles. The number of nitrogens with zero attached hydrogens (tertiary/aromatic N) is 1. The summed E-state index contributed by atoms with van der Waals surface area (Å²) in [7, 11) is 0. The molecule has 3 rings (SSSR count). The number of benzene rings is 2. The molecule has 1 nitrogen and oxygen atoms in total. The topological polar surface area (TPSA) is 12.9 Å². The fourth-order valence-electron chi connectivity index (χ4n) is 3.00. The summed E-state index contributed by atoms with van der Waals surface area (Å²) in [6.07, 6.45) is 1.06. The van der Waals surface area contributed by atoms with Crippen LogP contribution in [0, 0.1) is 19.8 Å². The molecule has 0 amide bonds. The molecular formula is C21H23N. The van der Waals surface area contributed by atoms with E-state index in [1.165, 1.54) is 27.6 Å². The summed E-state index contributed by atoms with van der Waals surface area (Å²) in [4.78, 5) is 5.00. The van der Waals surface area contributed by atoms with Gasteiger partial charge < -0.3 is 0 Å². The molecule has 1 aromatic heterocycles. The summed E-state index contributed by atoms with van der Waals surface area (Å²) < 4.78 is 0. The van der Waals surface area contributed by atoms with Crippen molar-refractivity contribution >= 4 is 10.9 Å². The summed E-state index contributed by atoms with van der Waals surface area (Å²) in [5.41, 5.74) is 7.49. The molecule has 0 fully saturated rings. The minimum atomic E-state index is 0.617. The number of rotatable bonds is 3. The number of aromatic nitrogens is 1. The first-order valence-corrected chi connectivity index (χ1v) is 8.01. The molecule has 0 spiro atoms. The Balaban J connectivity index is 2.27. The van der Waals surface area contributed by atoms with Crippen molar-refractivity contribution in [2.75, 3.05) is 0 Å². The summed E-state index contributed by atoms with van der Waals surface area (Å²) in [5.74, 6) is 0.617. The zero-order chi connectivity index (χ0) is 15.7. The van der Waals surface area contributed by atoms with E-state index in [9.17, 15) is 0 Å². The standard InChI is InChI=1S/C21H23N/c1-14(2)12-18-13-17-9-5-6-11-20(17)22-21(18)19-10-7-8-15(3)16(19)4/h5-11,13-14H,12H2,1-4H3. The smallest absolute Gasteiger partial charge is 0.0744 e. The zero-order valence-corrected chi connectivity index (χ0v) is 13.9. The van der Waals surface area contributed by atoms with Gasteiger partial charge in [0.05, 0.1) is 11.2 Å². The molecule has 0 aliphatic rings. The first-order chi connectivity index (χ1) is 10.6. The van der Waals surface area contributed by atoms with Gasteiger partial charge in [-0.15, -0.1) is 0 Å². The van der Waals surface area contributed by atoms with Crippen LogP contribution in [0.25, 0.3) is 22.2 Å². The molecule has 0 unspecified atom stereocenters. The van der Waals surface area contributed by atoms with Crippen molar-refractivity contribution in [3.8, 4) is 11.3 Å². The van der Waals surface area contributed by atoms with E-state index in [1.807, 2.05) is 0 Å². The Hall–Kier alpha value is -2.15. The summed E-state index contributed by atoms with van der Waals surface area (Å²) in [6, 6.07) is 17.2. The van der Waals surface area contributed by atoms with Crippen LogP contribution in [0.1, 0.15) is 30.5 Å². The van der Waals surface area contributed by atoms with Crippen LogP contribution in [0.2, 0.25) is 0 Å². The van der Waals surface area contributed by atoms with E-state index in [0.717, 1.165) is 17.6 Å². The van der Waals surface area contributed by atoms with E-state index >= 15 is 0 Å². The van der Waals surface area contributed by atoms with Crippen LogP contribution < -0.4 is 0 Å². The fourth-order valence-corrected chi connectivity index (χ4v) is 3.00. The minimum absolute atomic E-state index is 0.617. The third kappa shape index (κ3) is 2.76. The summed E-state index contributed by atoms with van der Waals surface area (Å²) in [6.45, 7) is 8.90. The lowest BCUT2D eigenvalue weighted by Gasteiger charge is -2.15. The third-order valence-electron chi connectivity index (χ3n) is 4.29. The summed E-state index contributed by atoms with van der Waals surface area (Å²) in [5, 5.41) is 1.23. The Morgan fingerprint density at radius 3 is 2.50 bits per heavy atom. The van der Waals surface area contributed by atoms with Gasteiger partial charge in [0, 0.05) is 10.9 Å². The highest BCUT2D eigenvalue weighted by Gasteiger charge is 2.13. The first-order valence-electron chi connectivity index (χ1n) is 8.01. The molecule has 22 heavy (non-hydrogen) atoms. The van der Waals surface area contributed by atoms with Crippen LogP contribution in [0.3, 0.4) is 0 Å². The van der Waals surface area contributed by atoms with Crippen LogP contribution in [-0.2, 0) is 6.42 Å². The lowest BCUT2D eigenvalue weighted by atomic mass is 9.93. The molecule has 0 bridgehead atoms. The van der Waals surface area contributed by atoms with E-state index in [2.05, 4.69) is 76.2 Å². The molecule has 1 heteroatoms. The molecule has 112 valence electrons. The second kappa shape index (κ2) is 5.92. The first kappa shape index (κ1) is 14.8. The van der Waals surface area contributed by atoms with Crippen molar-refractivity contribution in [3.05, 3.63) is 65.2 Å². The van der Waals surface area contributed by atoms with E-state index in [-0.39, 0.29) is 0 Å². The minimum Gasteiger partial charge on any atom is -0.247 e. The van der Waals surface area contributed by atoms with Crippen molar-refractivity contribution in [1.82, 2.24) is 4.98 Å². The number of hydrogen-bond donors (Lipinski definition) is 0. The Kier molecular flexibility index (Phi) is 3.98. The lowest BCUT2D eigenvalue weighted by molar-refractivity contribution is 0.647. The Labute approximate surface area is 133 Å². The van der Waals surface area contributed by atoms with Crippen LogP contribution in [-0.4, -0.2) is 4.98 Å². The Morgan fingerprint density at radius 1 is 0.955 bits per heavy atom. The molecular weight excluding hydrogens is 266 g/mol. The maximum Gasteiger partial charge on any atom is 0.0744 e. The molecule has 0 atom stereocenters. The third-order valence-corrected chi connectivity index (χ3v) is 4.29. The Morgan fingerprint density at radius 2 is 1.73 bits per heavy atom. The number of para-hydroxylation sites is 1. The second-order valence-corrected chi connectivity index (χ2v) is 6.53. The number of fused-ring (bicyclic) bond motifs is 1. The molecule has 0 N–H and O–H groups in total. The van der Waals surface area contributed by atoms with Crippen molar-refractivity contribution in [1.29, 1.82) is 0 Å². The van der Waals surface area contributed by atoms with Crippen LogP contribution in [0.4, 0.5) is 0 Å². The van der Waals surface area contributed by atoms with Gasteiger partial charge in [0.15, 0.2) is 0 Å². The van der Waals surface area contributed by atoms with Crippen LogP contribution in [0.15, 0.2) is 48.5 Å².